The van der Waals surface area contributed by atoms with Crippen LogP contribution in [0.25, 0.3) is 11.1 Å². The molecule has 16 heavy (non-hydrogen) atoms. The van der Waals surface area contributed by atoms with Crippen LogP contribution < -0.4 is 5.32 Å². The minimum absolute atomic E-state index is 0.0784. The quantitative estimate of drug-likeness (QED) is 0.807. The highest BCUT2D eigenvalue weighted by atomic mass is 15.1. The van der Waals surface area contributed by atoms with Crippen LogP contribution in [0.4, 0.5) is 5.69 Å². The number of nitrogens with one attached hydrogen (secondary N) is 2. The number of hydrogen-bond acceptors (Lipinski definition) is 2. The molecule has 2 aromatic rings. The van der Waals surface area contributed by atoms with Crippen molar-refractivity contribution in [2.75, 3.05) is 5.32 Å². The lowest BCUT2D eigenvalue weighted by atomic mass is 10.1. The van der Waals surface area contributed by atoms with E-state index in [0.29, 0.717) is 0 Å². The molecule has 0 fully saturated rings. The number of benzene rings is 1. The number of aromatic nitrogens is 2. The molecular formula is C13H17N3. The molecule has 0 spiro atoms. The average molecular weight is 215 g/mol. The molecule has 0 aliphatic rings. The van der Waals surface area contributed by atoms with Crippen molar-refractivity contribution in [3.05, 3.63) is 36.7 Å². The van der Waals surface area contributed by atoms with Gasteiger partial charge in [0, 0.05) is 23.0 Å². The van der Waals surface area contributed by atoms with E-state index in [1.54, 1.807) is 0 Å². The normalized spacial score (nSPS) is 11.4. The van der Waals surface area contributed by atoms with Gasteiger partial charge in [-0.15, -0.1) is 0 Å². The van der Waals surface area contributed by atoms with Crippen molar-refractivity contribution in [2.45, 2.75) is 26.3 Å². The van der Waals surface area contributed by atoms with Crippen LogP contribution >= 0.6 is 0 Å². The first-order valence-corrected chi connectivity index (χ1v) is 5.42. The molecule has 0 saturated heterocycles. The van der Waals surface area contributed by atoms with E-state index in [4.69, 9.17) is 0 Å². The minimum atomic E-state index is 0.0784. The molecule has 0 unspecified atom stereocenters. The van der Waals surface area contributed by atoms with Crippen LogP contribution in [0, 0.1) is 0 Å². The molecule has 1 aromatic heterocycles. The van der Waals surface area contributed by atoms with Gasteiger partial charge in [0.1, 0.15) is 0 Å². The Bertz CT molecular complexity index is 452. The highest BCUT2D eigenvalue weighted by Gasteiger charge is 2.09. The number of nitrogens with zero attached hydrogens (tertiary/aromatic N) is 1. The Morgan fingerprint density at radius 1 is 1.19 bits per heavy atom. The van der Waals surface area contributed by atoms with Crippen molar-refractivity contribution >= 4 is 5.69 Å². The maximum atomic E-state index is 3.96. The Hall–Kier alpha value is -1.77. The summed E-state index contributed by atoms with van der Waals surface area (Å²) < 4.78 is 0. The third-order valence-electron chi connectivity index (χ3n) is 2.21. The molecule has 3 nitrogen and oxygen atoms in total. The van der Waals surface area contributed by atoms with Crippen molar-refractivity contribution in [1.82, 2.24) is 10.2 Å². The number of rotatable bonds is 2. The number of aromatic amines is 1. The van der Waals surface area contributed by atoms with E-state index in [0.717, 1.165) is 11.3 Å². The molecule has 0 saturated carbocycles. The van der Waals surface area contributed by atoms with Crippen molar-refractivity contribution in [2.24, 2.45) is 0 Å². The van der Waals surface area contributed by atoms with Crippen LogP contribution in [0.1, 0.15) is 20.8 Å². The van der Waals surface area contributed by atoms with Gasteiger partial charge in [-0.3, -0.25) is 5.10 Å². The van der Waals surface area contributed by atoms with Crippen molar-refractivity contribution in [1.29, 1.82) is 0 Å². The maximum absolute atomic E-state index is 3.96. The summed E-state index contributed by atoms with van der Waals surface area (Å²) in [6, 6.07) is 8.35. The van der Waals surface area contributed by atoms with Crippen LogP contribution in [0.3, 0.4) is 0 Å². The third-order valence-corrected chi connectivity index (χ3v) is 2.21. The first-order chi connectivity index (χ1) is 7.54. The van der Waals surface area contributed by atoms with E-state index < -0.39 is 0 Å². The fourth-order valence-corrected chi connectivity index (χ4v) is 1.62. The summed E-state index contributed by atoms with van der Waals surface area (Å²) in [7, 11) is 0. The van der Waals surface area contributed by atoms with Gasteiger partial charge < -0.3 is 5.32 Å². The van der Waals surface area contributed by atoms with Gasteiger partial charge in [-0.1, -0.05) is 12.1 Å². The van der Waals surface area contributed by atoms with Crippen molar-refractivity contribution in [3.63, 3.8) is 0 Å². The fraction of sp³-hybridized carbons (Fsp3) is 0.308. The van der Waals surface area contributed by atoms with Gasteiger partial charge in [-0.05, 0) is 38.5 Å². The van der Waals surface area contributed by atoms with Crippen molar-refractivity contribution < 1.29 is 0 Å². The summed E-state index contributed by atoms with van der Waals surface area (Å²) in [5.41, 5.74) is 3.49. The van der Waals surface area contributed by atoms with E-state index in [1.807, 2.05) is 12.4 Å². The maximum Gasteiger partial charge on any atom is 0.0565 e. The SMILES string of the molecule is CC(C)(C)Nc1cccc(-c2cn[nH]c2)c1. The standard InChI is InChI=1S/C13H17N3/c1-13(2,3)16-12-6-4-5-10(7-12)11-8-14-15-9-11/h4-9,16H,1-3H3,(H,14,15). The zero-order valence-corrected chi connectivity index (χ0v) is 9.91. The molecule has 2 rings (SSSR count). The van der Waals surface area contributed by atoms with E-state index >= 15 is 0 Å². The lowest BCUT2D eigenvalue weighted by Crippen LogP contribution is -2.25. The van der Waals surface area contributed by atoms with E-state index in [-0.39, 0.29) is 5.54 Å². The van der Waals surface area contributed by atoms with Crippen LogP contribution in [-0.2, 0) is 0 Å². The van der Waals surface area contributed by atoms with Crippen molar-refractivity contribution in [3.8, 4) is 11.1 Å². The molecule has 3 heteroatoms. The largest absolute Gasteiger partial charge is 0.380 e. The van der Waals surface area contributed by atoms with Gasteiger partial charge in [0.2, 0.25) is 0 Å². The summed E-state index contributed by atoms with van der Waals surface area (Å²) >= 11 is 0. The highest BCUT2D eigenvalue weighted by Crippen LogP contribution is 2.23. The summed E-state index contributed by atoms with van der Waals surface area (Å²) in [6.07, 6.45) is 3.73. The Labute approximate surface area is 95.9 Å². The van der Waals surface area contributed by atoms with Gasteiger partial charge in [-0.2, -0.15) is 5.10 Å². The molecule has 1 aromatic carbocycles. The lowest BCUT2D eigenvalue weighted by Gasteiger charge is -2.22. The summed E-state index contributed by atoms with van der Waals surface area (Å²) in [5, 5.41) is 10.2. The van der Waals surface area contributed by atoms with E-state index in [1.165, 1.54) is 5.56 Å². The van der Waals surface area contributed by atoms with E-state index in [9.17, 15) is 0 Å². The second-order valence-corrected chi connectivity index (χ2v) is 4.94. The van der Waals surface area contributed by atoms with Gasteiger partial charge in [0.05, 0.1) is 6.20 Å². The summed E-state index contributed by atoms with van der Waals surface area (Å²) in [4.78, 5) is 0. The van der Waals surface area contributed by atoms with Gasteiger partial charge in [0.25, 0.3) is 0 Å². The Morgan fingerprint density at radius 2 is 2.00 bits per heavy atom. The molecule has 0 amide bonds. The molecule has 2 N–H and O–H groups in total. The van der Waals surface area contributed by atoms with Gasteiger partial charge >= 0.3 is 0 Å². The molecule has 0 aliphatic heterocycles. The fourth-order valence-electron chi connectivity index (χ4n) is 1.62. The monoisotopic (exact) mass is 215 g/mol. The zero-order chi connectivity index (χ0) is 11.6. The van der Waals surface area contributed by atoms with Gasteiger partial charge in [0.15, 0.2) is 0 Å². The van der Waals surface area contributed by atoms with Crippen LogP contribution in [0.2, 0.25) is 0 Å². The number of hydrogen-bond donors (Lipinski definition) is 2. The smallest absolute Gasteiger partial charge is 0.0565 e. The topological polar surface area (TPSA) is 40.7 Å². The Kier molecular flexibility index (Phi) is 2.69. The number of H-pyrrole nitrogens is 1. The second kappa shape index (κ2) is 4.00. The molecular weight excluding hydrogens is 198 g/mol. The van der Waals surface area contributed by atoms with Crippen LogP contribution in [0.15, 0.2) is 36.7 Å². The van der Waals surface area contributed by atoms with Crippen LogP contribution in [0.5, 0.6) is 0 Å². The first-order valence-electron chi connectivity index (χ1n) is 5.42. The molecule has 1 heterocycles. The van der Waals surface area contributed by atoms with E-state index in [2.05, 4.69) is 60.6 Å². The predicted octanol–water partition coefficient (Wildman–Crippen LogP) is 3.29. The second-order valence-electron chi connectivity index (χ2n) is 4.94. The molecule has 0 atom stereocenters. The molecule has 84 valence electrons. The Balaban J connectivity index is 2.27. The minimum Gasteiger partial charge on any atom is -0.380 e. The third kappa shape index (κ3) is 2.63. The molecule has 0 bridgehead atoms. The highest BCUT2D eigenvalue weighted by molar-refractivity contribution is 5.67. The Morgan fingerprint density at radius 3 is 2.62 bits per heavy atom. The zero-order valence-electron chi connectivity index (χ0n) is 9.91. The summed E-state index contributed by atoms with van der Waals surface area (Å²) in [6.45, 7) is 6.45. The predicted molar refractivity (Wildman–Crippen MR) is 67.4 cm³/mol. The van der Waals surface area contributed by atoms with Gasteiger partial charge in [-0.25, -0.2) is 0 Å². The molecule has 0 radical (unpaired) electrons. The lowest BCUT2D eigenvalue weighted by molar-refractivity contribution is 0.634. The average Bonchev–Trinajstić information content (AvgIpc) is 2.68. The number of anilines is 1. The molecule has 0 aliphatic carbocycles. The summed E-state index contributed by atoms with van der Waals surface area (Å²) in [5.74, 6) is 0. The first kappa shape index (κ1) is 10.7. The van der Waals surface area contributed by atoms with Crippen LogP contribution in [-0.4, -0.2) is 15.7 Å².